The molecule has 0 fully saturated rings. The zero-order valence-corrected chi connectivity index (χ0v) is 10.2. The van der Waals surface area contributed by atoms with E-state index in [1.807, 2.05) is 19.2 Å². The van der Waals surface area contributed by atoms with Gasteiger partial charge in [0.25, 0.3) is 5.56 Å². The SMILES string of the molecule is Cc1c(Cl)c(=O)[nH]c2cc(C(C)C)cnc12. The first kappa shape index (κ1) is 11.1. The molecule has 0 aliphatic carbocycles. The number of aryl methyl sites for hydroxylation is 1. The molecule has 2 aromatic rings. The average molecular weight is 237 g/mol. The minimum Gasteiger partial charge on any atom is -0.319 e. The minimum atomic E-state index is -0.255. The maximum Gasteiger partial charge on any atom is 0.267 e. The van der Waals surface area contributed by atoms with Crippen LogP contribution in [0, 0.1) is 6.92 Å². The molecule has 2 aromatic heterocycles. The highest BCUT2D eigenvalue weighted by atomic mass is 35.5. The van der Waals surface area contributed by atoms with E-state index < -0.39 is 0 Å². The Kier molecular flexibility index (Phi) is 2.72. The molecule has 1 N–H and O–H groups in total. The van der Waals surface area contributed by atoms with Crippen LogP contribution in [0.1, 0.15) is 30.9 Å². The zero-order valence-electron chi connectivity index (χ0n) is 9.47. The smallest absolute Gasteiger partial charge is 0.267 e. The summed E-state index contributed by atoms with van der Waals surface area (Å²) in [5, 5.41) is 0.220. The maximum atomic E-state index is 11.5. The molecule has 3 nitrogen and oxygen atoms in total. The van der Waals surface area contributed by atoms with Gasteiger partial charge in [-0.3, -0.25) is 9.78 Å². The van der Waals surface area contributed by atoms with Gasteiger partial charge >= 0.3 is 0 Å². The van der Waals surface area contributed by atoms with Crippen LogP contribution in [0.25, 0.3) is 11.0 Å². The molecule has 0 spiro atoms. The van der Waals surface area contributed by atoms with Gasteiger partial charge in [-0.25, -0.2) is 0 Å². The van der Waals surface area contributed by atoms with Gasteiger partial charge in [0.2, 0.25) is 0 Å². The van der Waals surface area contributed by atoms with Crippen molar-refractivity contribution >= 4 is 22.6 Å². The number of pyridine rings is 2. The third-order valence-corrected chi connectivity index (χ3v) is 3.16. The lowest BCUT2D eigenvalue weighted by atomic mass is 10.0. The summed E-state index contributed by atoms with van der Waals surface area (Å²) in [6.45, 7) is 5.98. The zero-order chi connectivity index (χ0) is 11.9. The highest BCUT2D eigenvalue weighted by molar-refractivity contribution is 6.31. The lowest BCUT2D eigenvalue weighted by molar-refractivity contribution is 0.861. The van der Waals surface area contributed by atoms with E-state index in [1.165, 1.54) is 0 Å². The summed E-state index contributed by atoms with van der Waals surface area (Å²) in [4.78, 5) is 18.6. The summed E-state index contributed by atoms with van der Waals surface area (Å²) >= 11 is 5.88. The number of fused-ring (bicyclic) bond motifs is 1. The summed E-state index contributed by atoms with van der Waals surface area (Å²) in [6.07, 6.45) is 1.83. The fourth-order valence-corrected chi connectivity index (χ4v) is 1.78. The van der Waals surface area contributed by atoms with Gasteiger partial charge in [-0.15, -0.1) is 0 Å². The second-order valence-corrected chi connectivity index (χ2v) is 4.59. The number of hydrogen-bond donors (Lipinski definition) is 1. The van der Waals surface area contributed by atoms with Crippen molar-refractivity contribution in [1.29, 1.82) is 0 Å². The Morgan fingerprint density at radius 3 is 2.75 bits per heavy atom. The second-order valence-electron chi connectivity index (χ2n) is 4.21. The number of nitrogens with zero attached hydrogens (tertiary/aromatic N) is 1. The van der Waals surface area contributed by atoms with Crippen LogP contribution in [-0.4, -0.2) is 9.97 Å². The third-order valence-electron chi connectivity index (χ3n) is 2.71. The molecular weight excluding hydrogens is 224 g/mol. The Morgan fingerprint density at radius 1 is 1.44 bits per heavy atom. The molecule has 0 atom stereocenters. The van der Waals surface area contributed by atoms with Crippen LogP contribution in [0.2, 0.25) is 5.02 Å². The van der Waals surface area contributed by atoms with Crippen LogP contribution in [0.15, 0.2) is 17.1 Å². The first-order valence-electron chi connectivity index (χ1n) is 5.18. The molecule has 2 rings (SSSR count). The average Bonchev–Trinajstić information content (AvgIpc) is 2.25. The summed E-state index contributed by atoms with van der Waals surface area (Å²) in [5.41, 5.74) is 3.09. The van der Waals surface area contributed by atoms with Crippen LogP contribution < -0.4 is 5.56 Å². The second kappa shape index (κ2) is 3.91. The topological polar surface area (TPSA) is 45.8 Å². The van der Waals surface area contributed by atoms with Gasteiger partial charge in [-0.1, -0.05) is 25.4 Å². The van der Waals surface area contributed by atoms with E-state index in [9.17, 15) is 4.79 Å². The van der Waals surface area contributed by atoms with Crippen LogP contribution in [-0.2, 0) is 0 Å². The van der Waals surface area contributed by atoms with E-state index in [0.29, 0.717) is 5.92 Å². The summed E-state index contributed by atoms with van der Waals surface area (Å²) in [7, 11) is 0. The Morgan fingerprint density at radius 2 is 2.12 bits per heavy atom. The van der Waals surface area contributed by atoms with Crippen molar-refractivity contribution in [3.63, 3.8) is 0 Å². The van der Waals surface area contributed by atoms with E-state index >= 15 is 0 Å². The third kappa shape index (κ3) is 1.71. The van der Waals surface area contributed by atoms with Crippen LogP contribution in [0.4, 0.5) is 0 Å². The van der Waals surface area contributed by atoms with Crippen LogP contribution in [0.5, 0.6) is 0 Å². The number of rotatable bonds is 1. The molecule has 2 heterocycles. The molecule has 0 amide bonds. The molecule has 0 saturated carbocycles. The van der Waals surface area contributed by atoms with Gasteiger partial charge in [0.15, 0.2) is 0 Å². The van der Waals surface area contributed by atoms with E-state index in [0.717, 1.165) is 22.2 Å². The lowest BCUT2D eigenvalue weighted by Gasteiger charge is -2.08. The minimum absolute atomic E-state index is 0.220. The van der Waals surface area contributed by atoms with Crippen molar-refractivity contribution in [2.75, 3.05) is 0 Å². The van der Waals surface area contributed by atoms with E-state index in [-0.39, 0.29) is 10.6 Å². The first-order chi connectivity index (χ1) is 7.50. The molecule has 16 heavy (non-hydrogen) atoms. The molecule has 84 valence electrons. The van der Waals surface area contributed by atoms with E-state index in [1.54, 1.807) is 0 Å². The van der Waals surface area contributed by atoms with Gasteiger partial charge in [-0.2, -0.15) is 0 Å². The van der Waals surface area contributed by atoms with Crippen molar-refractivity contribution < 1.29 is 0 Å². The normalized spacial score (nSPS) is 11.3. The summed E-state index contributed by atoms with van der Waals surface area (Å²) in [6, 6.07) is 1.96. The lowest BCUT2D eigenvalue weighted by Crippen LogP contribution is -2.09. The number of nitrogens with one attached hydrogen (secondary N) is 1. The highest BCUT2D eigenvalue weighted by Gasteiger charge is 2.09. The predicted molar refractivity (Wildman–Crippen MR) is 66.2 cm³/mol. The molecule has 0 bridgehead atoms. The maximum absolute atomic E-state index is 11.5. The Hall–Kier alpha value is -1.35. The van der Waals surface area contributed by atoms with Crippen LogP contribution >= 0.6 is 11.6 Å². The molecular formula is C12H13ClN2O. The number of aromatic amines is 1. The standard InChI is InChI=1S/C12H13ClN2O/c1-6(2)8-4-9-11(14-5-8)7(3)10(13)12(16)15-9/h4-6H,1-3H3,(H,15,16). The molecule has 4 heteroatoms. The molecule has 0 unspecified atom stereocenters. The van der Waals surface area contributed by atoms with Crippen LogP contribution in [0.3, 0.4) is 0 Å². The van der Waals surface area contributed by atoms with Gasteiger partial charge in [0, 0.05) is 11.8 Å². The first-order valence-corrected chi connectivity index (χ1v) is 5.56. The van der Waals surface area contributed by atoms with E-state index in [2.05, 4.69) is 23.8 Å². The van der Waals surface area contributed by atoms with Crippen molar-refractivity contribution in [2.45, 2.75) is 26.7 Å². The number of hydrogen-bond acceptors (Lipinski definition) is 2. The monoisotopic (exact) mass is 236 g/mol. The van der Waals surface area contributed by atoms with Crippen molar-refractivity contribution in [3.05, 3.63) is 38.8 Å². The van der Waals surface area contributed by atoms with Crippen molar-refractivity contribution in [1.82, 2.24) is 9.97 Å². The Balaban J connectivity index is 2.81. The fourth-order valence-electron chi connectivity index (χ4n) is 1.64. The summed E-state index contributed by atoms with van der Waals surface area (Å²) < 4.78 is 0. The molecule has 0 aliphatic heterocycles. The van der Waals surface area contributed by atoms with Crippen molar-refractivity contribution in [2.24, 2.45) is 0 Å². The molecule has 0 aliphatic rings. The number of H-pyrrole nitrogens is 1. The van der Waals surface area contributed by atoms with Gasteiger partial charge in [-0.05, 0) is 24.5 Å². The number of halogens is 1. The quantitative estimate of drug-likeness (QED) is 0.827. The van der Waals surface area contributed by atoms with Gasteiger partial charge in [0.1, 0.15) is 5.02 Å². The largest absolute Gasteiger partial charge is 0.319 e. The fraction of sp³-hybridized carbons (Fsp3) is 0.333. The van der Waals surface area contributed by atoms with Gasteiger partial charge < -0.3 is 4.98 Å². The molecule has 0 aromatic carbocycles. The summed E-state index contributed by atoms with van der Waals surface area (Å²) in [5.74, 6) is 0.386. The Bertz CT molecular complexity index is 602. The van der Waals surface area contributed by atoms with Gasteiger partial charge in [0.05, 0.1) is 11.0 Å². The molecule has 0 saturated heterocycles. The molecule has 0 radical (unpaired) electrons. The Labute approximate surface area is 98.5 Å². The predicted octanol–water partition coefficient (Wildman–Crippen LogP) is 3.01. The highest BCUT2D eigenvalue weighted by Crippen LogP contribution is 2.21. The number of aromatic nitrogens is 2. The van der Waals surface area contributed by atoms with Crippen molar-refractivity contribution in [3.8, 4) is 0 Å². The van der Waals surface area contributed by atoms with E-state index in [4.69, 9.17) is 11.6 Å².